The van der Waals surface area contributed by atoms with Crippen LogP contribution in [0.5, 0.6) is 0 Å². The number of anilines is 1. The maximum absolute atomic E-state index is 12.1. The van der Waals surface area contributed by atoms with Gasteiger partial charge in [0.1, 0.15) is 0 Å². The average molecular weight is 555 g/mol. The van der Waals surface area contributed by atoms with Crippen LogP contribution in [0.3, 0.4) is 0 Å². The largest absolute Gasteiger partial charge is 0.381 e. The van der Waals surface area contributed by atoms with Crippen molar-refractivity contribution in [2.45, 2.75) is 39.5 Å². The highest BCUT2D eigenvalue weighted by molar-refractivity contribution is 14.0. The monoisotopic (exact) mass is 554 g/mol. The fourth-order valence-corrected chi connectivity index (χ4v) is 2.55. The minimum Gasteiger partial charge on any atom is -0.381 e. The maximum Gasteiger partial charge on any atom is 0.226 e. The molecule has 3 N–H and O–H groups in total. The van der Waals surface area contributed by atoms with Crippen LogP contribution < -0.4 is 16.0 Å². The summed E-state index contributed by atoms with van der Waals surface area (Å²) in [4.78, 5) is 16.2. The Labute approximate surface area is 188 Å². The Balaban J connectivity index is 0.00000676. The Bertz CT molecular complexity index is 585. The highest BCUT2D eigenvalue weighted by Crippen LogP contribution is 2.20. The van der Waals surface area contributed by atoms with Gasteiger partial charge >= 0.3 is 0 Å². The summed E-state index contributed by atoms with van der Waals surface area (Å²) in [6, 6.07) is 5.83. The number of benzene rings is 1. The number of nitrogens with zero attached hydrogens (tertiary/aromatic N) is 1. The molecule has 0 aliphatic rings. The highest BCUT2D eigenvalue weighted by Gasteiger charge is 2.06. The van der Waals surface area contributed by atoms with Crippen molar-refractivity contribution >= 4 is 57.5 Å². The van der Waals surface area contributed by atoms with E-state index < -0.39 is 0 Å². The van der Waals surface area contributed by atoms with Crippen molar-refractivity contribution in [3.05, 3.63) is 28.2 Å². The molecule has 0 aliphatic carbocycles. The summed E-state index contributed by atoms with van der Waals surface area (Å²) >= 11 is 3.42. The Hall–Kier alpha value is -0.870. The van der Waals surface area contributed by atoms with E-state index in [0.29, 0.717) is 18.9 Å². The molecule has 0 fully saturated rings. The van der Waals surface area contributed by atoms with Crippen LogP contribution in [0, 0.1) is 6.92 Å². The molecule has 0 bridgehead atoms. The van der Waals surface area contributed by atoms with Gasteiger partial charge in [0.15, 0.2) is 5.96 Å². The minimum absolute atomic E-state index is 0. The molecule has 154 valence electrons. The van der Waals surface area contributed by atoms with E-state index in [1.54, 1.807) is 7.05 Å². The fraction of sp³-hybridized carbons (Fsp3) is 0.579. The first kappa shape index (κ1) is 26.1. The van der Waals surface area contributed by atoms with Gasteiger partial charge in [-0.3, -0.25) is 9.79 Å². The third-order valence-electron chi connectivity index (χ3n) is 3.74. The number of carbonyl (C=O) groups is 1. The van der Waals surface area contributed by atoms with Crippen molar-refractivity contribution < 1.29 is 9.53 Å². The smallest absolute Gasteiger partial charge is 0.226 e. The number of rotatable bonds is 11. The van der Waals surface area contributed by atoms with Crippen molar-refractivity contribution in [3.8, 4) is 0 Å². The van der Waals surface area contributed by atoms with Crippen LogP contribution in [0.1, 0.15) is 38.2 Å². The molecule has 1 aromatic carbocycles. The number of carbonyl (C=O) groups excluding carboxylic acids is 1. The molecule has 1 amide bonds. The molecule has 0 saturated heterocycles. The van der Waals surface area contributed by atoms with Gasteiger partial charge in [0.05, 0.1) is 0 Å². The number of unbranched alkanes of at least 4 members (excludes halogenated alkanes) is 1. The summed E-state index contributed by atoms with van der Waals surface area (Å²) in [6.45, 7) is 7.01. The van der Waals surface area contributed by atoms with E-state index in [0.717, 1.165) is 54.7 Å². The van der Waals surface area contributed by atoms with Crippen molar-refractivity contribution in [1.82, 2.24) is 10.6 Å². The van der Waals surface area contributed by atoms with E-state index >= 15 is 0 Å². The normalized spacial score (nSPS) is 10.9. The summed E-state index contributed by atoms with van der Waals surface area (Å²) in [7, 11) is 1.72. The van der Waals surface area contributed by atoms with Crippen molar-refractivity contribution in [1.29, 1.82) is 0 Å². The Morgan fingerprint density at radius 1 is 1.19 bits per heavy atom. The third kappa shape index (κ3) is 12.2. The quantitative estimate of drug-likeness (QED) is 0.167. The van der Waals surface area contributed by atoms with E-state index in [2.05, 4.69) is 43.8 Å². The number of aliphatic imine (C=N–C) groups is 1. The molecule has 8 heteroatoms. The molecule has 1 rings (SSSR count). The Morgan fingerprint density at radius 3 is 2.59 bits per heavy atom. The predicted octanol–water partition coefficient (Wildman–Crippen LogP) is 4.08. The number of halogens is 2. The van der Waals surface area contributed by atoms with Gasteiger partial charge < -0.3 is 20.7 Å². The van der Waals surface area contributed by atoms with Crippen LogP contribution in [0.2, 0.25) is 0 Å². The number of hydrogen-bond donors (Lipinski definition) is 3. The molecule has 0 heterocycles. The number of amides is 1. The van der Waals surface area contributed by atoms with E-state index in [-0.39, 0.29) is 29.9 Å². The topological polar surface area (TPSA) is 74.8 Å². The first-order valence-corrected chi connectivity index (χ1v) is 9.94. The summed E-state index contributed by atoms with van der Waals surface area (Å²) in [5.74, 6) is 0.670. The molecular formula is C19H32BrIN4O2. The van der Waals surface area contributed by atoms with E-state index in [9.17, 15) is 4.79 Å². The average Bonchev–Trinajstić information content (AvgIpc) is 2.62. The molecule has 0 saturated carbocycles. The second-order valence-electron chi connectivity index (χ2n) is 6.00. The van der Waals surface area contributed by atoms with Gasteiger partial charge in [0.25, 0.3) is 0 Å². The number of hydrogen-bond acceptors (Lipinski definition) is 3. The van der Waals surface area contributed by atoms with E-state index in [1.807, 2.05) is 25.1 Å². The minimum atomic E-state index is -0.0292. The third-order valence-corrected chi connectivity index (χ3v) is 4.24. The van der Waals surface area contributed by atoms with Crippen LogP contribution in [-0.4, -0.2) is 45.2 Å². The number of ether oxygens (including phenoxy) is 1. The van der Waals surface area contributed by atoms with E-state index in [1.165, 1.54) is 0 Å². The summed E-state index contributed by atoms with van der Waals surface area (Å²) in [5, 5.41) is 9.31. The molecule has 0 atom stereocenters. The second kappa shape index (κ2) is 16.1. The molecule has 0 aliphatic heterocycles. The number of aryl methyl sites for hydroxylation is 1. The van der Waals surface area contributed by atoms with Crippen LogP contribution in [0.25, 0.3) is 0 Å². The summed E-state index contributed by atoms with van der Waals surface area (Å²) in [5.41, 5.74) is 1.86. The van der Waals surface area contributed by atoms with E-state index in [4.69, 9.17) is 4.74 Å². The molecule has 27 heavy (non-hydrogen) atoms. The standard InChI is InChI=1S/C19H31BrN4O2.HI/c1-4-5-12-26-13-6-10-22-19(21-3)23-11-9-18(25)24-17-14-16(20)8-7-15(17)2;/h7-8,14H,4-6,9-13H2,1-3H3,(H,24,25)(H2,21,22,23);1H. The van der Waals surface area contributed by atoms with Gasteiger partial charge in [-0.2, -0.15) is 0 Å². The lowest BCUT2D eigenvalue weighted by Crippen LogP contribution is -2.39. The molecular weight excluding hydrogens is 523 g/mol. The molecule has 0 radical (unpaired) electrons. The molecule has 6 nitrogen and oxygen atoms in total. The van der Waals surface area contributed by atoms with Gasteiger partial charge in [-0.25, -0.2) is 0 Å². The first-order valence-electron chi connectivity index (χ1n) is 9.15. The predicted molar refractivity (Wildman–Crippen MR) is 127 cm³/mol. The van der Waals surface area contributed by atoms with Crippen LogP contribution in [0.4, 0.5) is 5.69 Å². The first-order chi connectivity index (χ1) is 12.6. The lowest BCUT2D eigenvalue weighted by molar-refractivity contribution is -0.116. The van der Waals surface area contributed by atoms with Crippen LogP contribution in [0.15, 0.2) is 27.7 Å². The van der Waals surface area contributed by atoms with Gasteiger partial charge in [-0.15, -0.1) is 24.0 Å². The number of nitrogens with one attached hydrogen (secondary N) is 3. The lowest BCUT2D eigenvalue weighted by Gasteiger charge is -2.12. The fourth-order valence-electron chi connectivity index (χ4n) is 2.19. The molecule has 1 aromatic rings. The van der Waals surface area contributed by atoms with Crippen molar-refractivity contribution in [2.75, 3.05) is 38.7 Å². The maximum atomic E-state index is 12.1. The van der Waals surface area contributed by atoms with Crippen molar-refractivity contribution in [3.63, 3.8) is 0 Å². The Kier molecular flexibility index (Phi) is 15.6. The van der Waals surface area contributed by atoms with Crippen LogP contribution in [-0.2, 0) is 9.53 Å². The molecule has 0 unspecified atom stereocenters. The van der Waals surface area contributed by atoms with Crippen molar-refractivity contribution in [2.24, 2.45) is 4.99 Å². The molecule has 0 spiro atoms. The van der Waals surface area contributed by atoms with Gasteiger partial charge in [0, 0.05) is 49.9 Å². The van der Waals surface area contributed by atoms with Gasteiger partial charge in [-0.1, -0.05) is 35.3 Å². The van der Waals surface area contributed by atoms with Crippen LogP contribution >= 0.6 is 39.9 Å². The number of guanidine groups is 1. The van der Waals surface area contributed by atoms with Gasteiger partial charge in [0.2, 0.25) is 5.91 Å². The molecule has 0 aromatic heterocycles. The second-order valence-corrected chi connectivity index (χ2v) is 6.92. The zero-order chi connectivity index (χ0) is 19.2. The highest BCUT2D eigenvalue weighted by atomic mass is 127. The SMILES string of the molecule is CCCCOCCCNC(=NC)NCCC(=O)Nc1cc(Br)ccc1C.I. The zero-order valence-corrected chi connectivity index (χ0v) is 20.4. The lowest BCUT2D eigenvalue weighted by atomic mass is 10.2. The summed E-state index contributed by atoms with van der Waals surface area (Å²) < 4.78 is 6.46. The Morgan fingerprint density at radius 2 is 1.89 bits per heavy atom. The zero-order valence-electron chi connectivity index (χ0n) is 16.4. The van der Waals surface area contributed by atoms with Gasteiger partial charge in [-0.05, 0) is 37.5 Å². The summed E-state index contributed by atoms with van der Waals surface area (Å²) in [6.07, 6.45) is 3.56.